The average Bonchev–Trinajstić information content (AvgIpc) is 3.14. The summed E-state index contributed by atoms with van der Waals surface area (Å²) < 4.78 is 19.5. The molecule has 2 heterocycles. The highest BCUT2D eigenvalue weighted by Crippen LogP contribution is 2.33. The molecule has 0 aliphatic heterocycles. The molecule has 1 amide bonds. The number of carbonyl (C=O) groups excluding carboxylic acids is 1. The summed E-state index contributed by atoms with van der Waals surface area (Å²) in [4.78, 5) is 28.3. The number of pyridine rings is 1. The van der Waals surface area contributed by atoms with Crippen LogP contribution in [0.1, 0.15) is 44.2 Å². The van der Waals surface area contributed by atoms with Gasteiger partial charge in [0, 0.05) is 39.5 Å². The van der Waals surface area contributed by atoms with E-state index in [9.17, 15) is 14.7 Å². The van der Waals surface area contributed by atoms with E-state index in [1.165, 1.54) is 0 Å². The summed E-state index contributed by atoms with van der Waals surface area (Å²) >= 11 is 0. The first-order chi connectivity index (χ1) is 18.2. The van der Waals surface area contributed by atoms with Crippen LogP contribution in [0.2, 0.25) is 25.7 Å². The minimum absolute atomic E-state index is 0.115. The summed E-state index contributed by atoms with van der Waals surface area (Å²) in [6.07, 6.45) is 2.98. The Bertz CT molecular complexity index is 1290. The van der Waals surface area contributed by atoms with Crippen molar-refractivity contribution >= 4 is 31.2 Å². The molecule has 10 heteroatoms. The van der Waals surface area contributed by atoms with Crippen LogP contribution >= 0.6 is 0 Å². The lowest BCUT2D eigenvalue weighted by Crippen LogP contribution is -2.35. The van der Waals surface area contributed by atoms with Crippen LogP contribution in [0.3, 0.4) is 0 Å². The second-order valence-electron chi connectivity index (χ2n) is 12.0. The number of ether oxygens (including phenoxy) is 3. The molecule has 39 heavy (non-hydrogen) atoms. The third kappa shape index (κ3) is 9.40. The number of carbonyl (C=O) groups is 2. The summed E-state index contributed by atoms with van der Waals surface area (Å²) in [5.41, 5.74) is 1.89. The lowest BCUT2D eigenvalue weighted by atomic mass is 9.95. The van der Waals surface area contributed by atoms with Gasteiger partial charge in [0.15, 0.2) is 0 Å². The lowest BCUT2D eigenvalue weighted by molar-refractivity contribution is -0.137. The van der Waals surface area contributed by atoms with Crippen LogP contribution in [0.25, 0.3) is 11.0 Å². The van der Waals surface area contributed by atoms with Crippen molar-refractivity contribution in [2.75, 3.05) is 13.2 Å². The van der Waals surface area contributed by atoms with Crippen molar-refractivity contribution in [2.45, 2.75) is 78.1 Å². The van der Waals surface area contributed by atoms with Crippen LogP contribution < -0.4 is 10.1 Å². The highest BCUT2D eigenvalue weighted by molar-refractivity contribution is 6.76. The quantitative estimate of drug-likeness (QED) is 0.193. The fourth-order valence-corrected chi connectivity index (χ4v) is 4.86. The molecule has 0 saturated carbocycles. The normalized spacial score (nSPS) is 12.8. The number of rotatable bonds is 12. The Hall–Kier alpha value is -3.37. The Balaban J connectivity index is 1.78. The standard InChI is InChI=1S/C29H41N3O6Si/c1-20-18-32(19-36-13-14-39(5,6)7)27-26(20)24(11-12-30-27)37-23-10-8-9-21(15-23)22(16-25(33)34)17-31-28(35)38-29(2,3)4/h8-12,15,18,22H,13-14,16-17,19H2,1-7H3,(H,31,35)(H,33,34). The Morgan fingerprint density at radius 3 is 2.59 bits per heavy atom. The molecule has 212 valence electrons. The van der Waals surface area contributed by atoms with Gasteiger partial charge in [-0.05, 0) is 63.1 Å². The molecule has 0 fully saturated rings. The number of alkyl carbamates (subject to hydrolysis) is 1. The zero-order chi connectivity index (χ0) is 28.8. The van der Waals surface area contributed by atoms with Crippen LogP contribution in [0, 0.1) is 6.92 Å². The number of hydrogen-bond acceptors (Lipinski definition) is 6. The van der Waals surface area contributed by atoms with Crippen LogP contribution in [-0.2, 0) is 21.0 Å². The number of nitrogens with zero attached hydrogens (tertiary/aromatic N) is 2. The molecule has 1 atom stereocenters. The zero-order valence-corrected chi connectivity index (χ0v) is 25.0. The van der Waals surface area contributed by atoms with E-state index in [0.717, 1.165) is 34.8 Å². The number of aliphatic carboxylic acids is 1. The molecule has 9 nitrogen and oxygen atoms in total. The van der Waals surface area contributed by atoms with E-state index in [1.807, 2.05) is 48.0 Å². The number of carboxylic acid groups (broad SMARTS) is 1. The number of carboxylic acids is 1. The molecule has 2 N–H and O–H groups in total. The van der Waals surface area contributed by atoms with Gasteiger partial charge in [0.25, 0.3) is 0 Å². The number of nitrogens with one attached hydrogen (secondary N) is 1. The van der Waals surface area contributed by atoms with Gasteiger partial charge in [0.05, 0.1) is 11.8 Å². The fourth-order valence-electron chi connectivity index (χ4n) is 4.10. The van der Waals surface area contributed by atoms with E-state index in [0.29, 0.717) is 18.2 Å². The number of hydrogen-bond donors (Lipinski definition) is 2. The molecule has 1 aromatic carbocycles. The van der Waals surface area contributed by atoms with Crippen molar-refractivity contribution in [1.29, 1.82) is 0 Å². The molecule has 3 aromatic rings. The van der Waals surface area contributed by atoms with Crippen molar-refractivity contribution in [1.82, 2.24) is 14.9 Å². The van der Waals surface area contributed by atoms with Gasteiger partial charge in [0.2, 0.25) is 0 Å². The largest absolute Gasteiger partial charge is 0.481 e. The number of fused-ring (bicyclic) bond motifs is 1. The molecule has 0 aliphatic rings. The van der Waals surface area contributed by atoms with Crippen LogP contribution in [0.4, 0.5) is 4.79 Å². The van der Waals surface area contributed by atoms with Gasteiger partial charge in [-0.1, -0.05) is 31.8 Å². The van der Waals surface area contributed by atoms with E-state index >= 15 is 0 Å². The highest BCUT2D eigenvalue weighted by Gasteiger charge is 2.21. The number of amides is 1. The van der Waals surface area contributed by atoms with E-state index in [4.69, 9.17) is 14.2 Å². The fraction of sp³-hybridized carbons (Fsp3) is 0.483. The first kappa shape index (κ1) is 30.2. The first-order valence-corrected chi connectivity index (χ1v) is 16.9. The van der Waals surface area contributed by atoms with E-state index in [2.05, 4.69) is 29.9 Å². The van der Waals surface area contributed by atoms with Crippen molar-refractivity contribution < 1.29 is 28.9 Å². The topological polar surface area (TPSA) is 112 Å². The third-order valence-corrected chi connectivity index (χ3v) is 7.71. The molecular weight excluding hydrogens is 514 g/mol. The minimum atomic E-state index is -1.17. The molecular formula is C29H41N3O6Si. The number of benzene rings is 1. The molecule has 1 unspecified atom stereocenters. The third-order valence-electron chi connectivity index (χ3n) is 6.01. The number of aryl methyl sites for hydroxylation is 1. The summed E-state index contributed by atoms with van der Waals surface area (Å²) in [5.74, 6) is -0.215. The van der Waals surface area contributed by atoms with Crippen molar-refractivity contribution in [3.05, 3.63) is 53.9 Å². The maximum atomic E-state index is 12.2. The van der Waals surface area contributed by atoms with Gasteiger partial charge in [-0.25, -0.2) is 9.78 Å². The maximum Gasteiger partial charge on any atom is 0.407 e. The smallest absolute Gasteiger partial charge is 0.407 e. The molecule has 0 spiro atoms. The predicted octanol–water partition coefficient (Wildman–Crippen LogP) is 6.53. The summed E-state index contributed by atoms with van der Waals surface area (Å²) in [7, 11) is -1.17. The van der Waals surface area contributed by atoms with Crippen LogP contribution in [-0.4, -0.2) is 53.5 Å². The summed E-state index contributed by atoms with van der Waals surface area (Å²) in [6, 6.07) is 10.2. The van der Waals surface area contributed by atoms with Gasteiger partial charge in [-0.15, -0.1) is 0 Å². The second-order valence-corrected chi connectivity index (χ2v) is 17.6. The zero-order valence-electron chi connectivity index (χ0n) is 24.0. The van der Waals surface area contributed by atoms with E-state index in [-0.39, 0.29) is 13.0 Å². The first-order valence-electron chi connectivity index (χ1n) is 13.2. The Kier molecular flexibility index (Phi) is 9.79. The molecule has 3 rings (SSSR count). The minimum Gasteiger partial charge on any atom is -0.481 e. The summed E-state index contributed by atoms with van der Waals surface area (Å²) in [6.45, 7) is 15.6. The van der Waals surface area contributed by atoms with Crippen molar-refractivity contribution in [2.24, 2.45) is 0 Å². The molecule has 0 bridgehead atoms. The second kappa shape index (κ2) is 12.7. The average molecular weight is 556 g/mol. The Labute approximate surface area is 231 Å². The Morgan fingerprint density at radius 2 is 1.92 bits per heavy atom. The van der Waals surface area contributed by atoms with Crippen LogP contribution in [0.15, 0.2) is 42.7 Å². The molecule has 0 radical (unpaired) electrons. The lowest BCUT2D eigenvalue weighted by Gasteiger charge is -2.22. The predicted molar refractivity (Wildman–Crippen MR) is 154 cm³/mol. The Morgan fingerprint density at radius 1 is 1.18 bits per heavy atom. The monoisotopic (exact) mass is 555 g/mol. The maximum absolute atomic E-state index is 12.2. The van der Waals surface area contributed by atoms with Crippen molar-refractivity contribution in [3.63, 3.8) is 0 Å². The van der Waals surface area contributed by atoms with Gasteiger partial charge in [-0.3, -0.25) is 4.79 Å². The van der Waals surface area contributed by atoms with Gasteiger partial charge >= 0.3 is 12.1 Å². The van der Waals surface area contributed by atoms with Gasteiger partial charge in [-0.2, -0.15) is 0 Å². The van der Waals surface area contributed by atoms with E-state index < -0.39 is 31.7 Å². The summed E-state index contributed by atoms with van der Waals surface area (Å²) in [5, 5.41) is 13.1. The molecule has 0 saturated heterocycles. The molecule has 2 aromatic heterocycles. The van der Waals surface area contributed by atoms with Crippen LogP contribution in [0.5, 0.6) is 11.5 Å². The SMILES string of the molecule is Cc1cn(COCC[Si](C)(C)C)c2nccc(Oc3cccc(C(CNC(=O)OC(C)(C)C)CC(=O)O)c3)c12. The number of aromatic nitrogens is 2. The van der Waals surface area contributed by atoms with Crippen molar-refractivity contribution in [3.8, 4) is 11.5 Å². The van der Waals surface area contributed by atoms with Gasteiger partial charge in [0.1, 0.15) is 29.5 Å². The van der Waals surface area contributed by atoms with Gasteiger partial charge < -0.3 is 29.2 Å². The van der Waals surface area contributed by atoms with E-state index in [1.54, 1.807) is 27.0 Å². The highest BCUT2D eigenvalue weighted by atomic mass is 28.3. The molecule has 0 aliphatic carbocycles.